The van der Waals surface area contributed by atoms with E-state index >= 15 is 0 Å². The van der Waals surface area contributed by atoms with Gasteiger partial charge in [0, 0.05) is 6.54 Å². The van der Waals surface area contributed by atoms with E-state index in [-0.39, 0.29) is 12.0 Å². The standard InChI is InChI=1S/C17H32N2O2/c1-3-16(21-15-6-4-5-7-15)17(20)18-11-8-14-9-12-19(2)13-10-14/h14-16H,3-13H2,1-2H3,(H,18,20)/t16-/m0/s1. The largest absolute Gasteiger partial charge is 0.365 e. The highest BCUT2D eigenvalue weighted by Gasteiger charge is 2.24. The lowest BCUT2D eigenvalue weighted by Gasteiger charge is -2.29. The Morgan fingerprint density at radius 1 is 1.24 bits per heavy atom. The summed E-state index contributed by atoms with van der Waals surface area (Å²) in [5, 5.41) is 3.09. The van der Waals surface area contributed by atoms with Crippen LogP contribution in [0.3, 0.4) is 0 Å². The van der Waals surface area contributed by atoms with Gasteiger partial charge in [0.2, 0.25) is 5.91 Å². The Morgan fingerprint density at radius 3 is 2.52 bits per heavy atom. The first-order valence-electron chi connectivity index (χ1n) is 8.80. The van der Waals surface area contributed by atoms with Crippen LogP contribution in [0.2, 0.25) is 0 Å². The van der Waals surface area contributed by atoms with Gasteiger partial charge in [0.1, 0.15) is 6.10 Å². The highest BCUT2D eigenvalue weighted by Crippen LogP contribution is 2.23. The van der Waals surface area contributed by atoms with Crippen molar-refractivity contribution in [3.8, 4) is 0 Å². The van der Waals surface area contributed by atoms with E-state index in [2.05, 4.69) is 17.3 Å². The summed E-state index contributed by atoms with van der Waals surface area (Å²) >= 11 is 0. The summed E-state index contributed by atoms with van der Waals surface area (Å²) in [6.45, 7) is 5.23. The van der Waals surface area contributed by atoms with Crippen molar-refractivity contribution in [2.75, 3.05) is 26.7 Å². The maximum Gasteiger partial charge on any atom is 0.249 e. The van der Waals surface area contributed by atoms with Crippen LogP contribution in [-0.2, 0) is 9.53 Å². The normalized spacial score (nSPS) is 23.3. The van der Waals surface area contributed by atoms with Gasteiger partial charge in [-0.1, -0.05) is 19.8 Å². The van der Waals surface area contributed by atoms with Gasteiger partial charge in [-0.2, -0.15) is 0 Å². The zero-order valence-corrected chi connectivity index (χ0v) is 13.8. The number of carbonyl (C=O) groups is 1. The van der Waals surface area contributed by atoms with E-state index in [9.17, 15) is 4.79 Å². The van der Waals surface area contributed by atoms with E-state index in [0.29, 0.717) is 6.10 Å². The Hall–Kier alpha value is -0.610. The Morgan fingerprint density at radius 2 is 1.90 bits per heavy atom. The molecule has 1 heterocycles. The minimum atomic E-state index is -0.245. The van der Waals surface area contributed by atoms with Crippen LogP contribution >= 0.6 is 0 Å². The molecule has 2 aliphatic rings. The number of piperidine rings is 1. The third-order valence-electron chi connectivity index (χ3n) is 5.01. The lowest BCUT2D eigenvalue weighted by molar-refractivity contribution is -0.136. The molecule has 2 fully saturated rings. The highest BCUT2D eigenvalue weighted by atomic mass is 16.5. The van der Waals surface area contributed by atoms with E-state index in [1.54, 1.807) is 0 Å². The van der Waals surface area contributed by atoms with Gasteiger partial charge in [0.15, 0.2) is 0 Å². The molecule has 1 atom stereocenters. The zero-order valence-electron chi connectivity index (χ0n) is 13.8. The average molecular weight is 296 g/mol. The van der Waals surface area contributed by atoms with Gasteiger partial charge in [-0.3, -0.25) is 4.79 Å². The van der Waals surface area contributed by atoms with Gasteiger partial charge >= 0.3 is 0 Å². The molecule has 4 nitrogen and oxygen atoms in total. The summed E-state index contributed by atoms with van der Waals surface area (Å²) in [6, 6.07) is 0. The molecule has 0 radical (unpaired) electrons. The lowest BCUT2D eigenvalue weighted by atomic mass is 9.94. The van der Waals surface area contributed by atoms with Crippen molar-refractivity contribution in [3.05, 3.63) is 0 Å². The third-order valence-corrected chi connectivity index (χ3v) is 5.01. The van der Waals surface area contributed by atoms with Gasteiger partial charge in [0.05, 0.1) is 6.10 Å². The fourth-order valence-corrected chi connectivity index (χ4v) is 3.46. The Kier molecular flexibility index (Phi) is 6.97. The molecule has 0 aromatic heterocycles. The molecule has 1 saturated heterocycles. The summed E-state index contributed by atoms with van der Waals surface area (Å²) in [6.07, 6.45) is 9.23. The summed E-state index contributed by atoms with van der Waals surface area (Å²) in [4.78, 5) is 14.6. The predicted molar refractivity (Wildman–Crippen MR) is 85.3 cm³/mol. The van der Waals surface area contributed by atoms with Crippen LogP contribution in [0.25, 0.3) is 0 Å². The fraction of sp³-hybridized carbons (Fsp3) is 0.941. The lowest BCUT2D eigenvalue weighted by Crippen LogP contribution is -2.39. The highest BCUT2D eigenvalue weighted by molar-refractivity contribution is 5.80. The summed E-state index contributed by atoms with van der Waals surface area (Å²) in [5.74, 6) is 0.870. The average Bonchev–Trinajstić information content (AvgIpc) is 2.99. The molecular formula is C17H32N2O2. The molecule has 1 aliphatic heterocycles. The first-order chi connectivity index (χ1) is 10.2. The van der Waals surface area contributed by atoms with Crippen molar-refractivity contribution in [2.24, 2.45) is 5.92 Å². The molecule has 1 saturated carbocycles. The van der Waals surface area contributed by atoms with E-state index in [0.717, 1.165) is 38.1 Å². The van der Waals surface area contributed by atoms with Gasteiger partial charge in [-0.05, 0) is 64.6 Å². The minimum Gasteiger partial charge on any atom is -0.365 e. The molecule has 21 heavy (non-hydrogen) atoms. The molecule has 1 N–H and O–H groups in total. The maximum atomic E-state index is 12.2. The summed E-state index contributed by atoms with van der Waals surface area (Å²) in [5.41, 5.74) is 0. The first kappa shape index (κ1) is 16.8. The Labute approximate surface area is 129 Å². The van der Waals surface area contributed by atoms with Crippen LogP contribution in [0.1, 0.15) is 58.3 Å². The Bertz CT molecular complexity index is 308. The van der Waals surface area contributed by atoms with E-state index in [4.69, 9.17) is 4.74 Å². The van der Waals surface area contributed by atoms with Crippen molar-refractivity contribution < 1.29 is 9.53 Å². The van der Waals surface area contributed by atoms with Crippen molar-refractivity contribution >= 4 is 5.91 Å². The van der Waals surface area contributed by atoms with Gasteiger partial charge in [-0.15, -0.1) is 0 Å². The first-order valence-corrected chi connectivity index (χ1v) is 8.80. The summed E-state index contributed by atoms with van der Waals surface area (Å²) < 4.78 is 5.96. The number of amides is 1. The molecule has 0 spiro atoms. The molecule has 0 aromatic carbocycles. The topological polar surface area (TPSA) is 41.6 Å². The van der Waals surface area contributed by atoms with Crippen molar-refractivity contribution in [2.45, 2.75) is 70.5 Å². The summed E-state index contributed by atoms with van der Waals surface area (Å²) in [7, 11) is 2.18. The molecule has 0 bridgehead atoms. The van der Waals surface area contributed by atoms with E-state index < -0.39 is 0 Å². The number of ether oxygens (including phenoxy) is 1. The second-order valence-electron chi connectivity index (χ2n) is 6.77. The number of hydrogen-bond donors (Lipinski definition) is 1. The molecule has 122 valence electrons. The molecule has 1 amide bonds. The molecule has 0 aromatic rings. The van der Waals surface area contributed by atoms with Crippen LogP contribution in [-0.4, -0.2) is 49.7 Å². The third kappa shape index (κ3) is 5.59. The number of nitrogens with one attached hydrogen (secondary N) is 1. The molecular weight excluding hydrogens is 264 g/mol. The van der Waals surface area contributed by atoms with Gasteiger partial charge in [-0.25, -0.2) is 0 Å². The van der Waals surface area contributed by atoms with Crippen molar-refractivity contribution in [1.29, 1.82) is 0 Å². The van der Waals surface area contributed by atoms with E-state index in [1.807, 2.05) is 6.92 Å². The minimum absolute atomic E-state index is 0.0947. The number of carbonyl (C=O) groups excluding carboxylic acids is 1. The van der Waals surface area contributed by atoms with Crippen LogP contribution in [0, 0.1) is 5.92 Å². The fourth-order valence-electron chi connectivity index (χ4n) is 3.46. The second-order valence-corrected chi connectivity index (χ2v) is 6.77. The second kappa shape index (κ2) is 8.74. The van der Waals surface area contributed by atoms with Crippen LogP contribution in [0.5, 0.6) is 0 Å². The Balaban J connectivity index is 1.62. The zero-order chi connectivity index (χ0) is 15.1. The maximum absolute atomic E-state index is 12.2. The van der Waals surface area contributed by atoms with Gasteiger partial charge < -0.3 is 15.0 Å². The quantitative estimate of drug-likeness (QED) is 0.785. The molecule has 1 aliphatic carbocycles. The van der Waals surface area contributed by atoms with Crippen LogP contribution in [0.15, 0.2) is 0 Å². The van der Waals surface area contributed by atoms with Gasteiger partial charge in [0.25, 0.3) is 0 Å². The predicted octanol–water partition coefficient (Wildman–Crippen LogP) is 2.57. The molecule has 2 rings (SSSR count). The molecule has 0 unspecified atom stereocenters. The molecule has 4 heteroatoms. The van der Waals surface area contributed by atoms with Crippen molar-refractivity contribution in [3.63, 3.8) is 0 Å². The van der Waals surface area contributed by atoms with Crippen LogP contribution < -0.4 is 5.32 Å². The van der Waals surface area contributed by atoms with Crippen molar-refractivity contribution in [1.82, 2.24) is 10.2 Å². The van der Waals surface area contributed by atoms with Crippen LogP contribution in [0.4, 0.5) is 0 Å². The number of nitrogens with zero attached hydrogens (tertiary/aromatic N) is 1. The monoisotopic (exact) mass is 296 g/mol. The SMILES string of the molecule is CC[C@H](OC1CCCC1)C(=O)NCCC1CCN(C)CC1. The number of likely N-dealkylation sites (tertiary alicyclic amines) is 1. The van der Waals surface area contributed by atoms with E-state index in [1.165, 1.54) is 38.8 Å². The smallest absolute Gasteiger partial charge is 0.249 e. The number of hydrogen-bond acceptors (Lipinski definition) is 3. The number of rotatable bonds is 7.